The molecule has 156 valence electrons. The summed E-state index contributed by atoms with van der Waals surface area (Å²) in [4.78, 5) is 12.9. The molecule has 2 N–H and O–H groups in total. The largest absolute Gasteiger partial charge is 0.493 e. The van der Waals surface area contributed by atoms with Crippen LogP contribution in [0, 0.1) is 0 Å². The number of carbonyl (C=O) groups is 1. The van der Waals surface area contributed by atoms with E-state index < -0.39 is 0 Å². The second-order valence-electron chi connectivity index (χ2n) is 6.91. The maximum Gasteiger partial charge on any atom is 0.272 e. The molecule has 0 saturated heterocycles. The summed E-state index contributed by atoms with van der Waals surface area (Å²) in [5.41, 5.74) is 4.60. The third-order valence-corrected chi connectivity index (χ3v) is 5.45. The number of aliphatic hydroxyl groups excluding tert-OH is 1. The van der Waals surface area contributed by atoms with E-state index in [0.717, 1.165) is 22.4 Å². The Morgan fingerprint density at radius 1 is 1.23 bits per heavy atom. The number of fused-ring (bicyclic) bond motifs is 3. The van der Waals surface area contributed by atoms with E-state index in [0.29, 0.717) is 47.3 Å². The van der Waals surface area contributed by atoms with Crippen molar-refractivity contribution in [1.29, 1.82) is 0 Å². The summed E-state index contributed by atoms with van der Waals surface area (Å²) in [5, 5.41) is 17.0. The molecule has 0 radical (unpaired) electrons. The van der Waals surface area contributed by atoms with Crippen molar-refractivity contribution >= 4 is 17.5 Å². The summed E-state index contributed by atoms with van der Waals surface area (Å²) in [6, 6.07) is 11.2. The Kier molecular flexibility index (Phi) is 5.65. The number of aromatic nitrogens is 2. The Balaban J connectivity index is 1.88. The molecule has 2 aromatic carbocycles. The molecule has 3 aromatic rings. The average Bonchev–Trinajstić information content (AvgIpc) is 3.30. The van der Waals surface area contributed by atoms with Gasteiger partial charge in [-0.15, -0.1) is 0 Å². The van der Waals surface area contributed by atoms with E-state index in [1.807, 2.05) is 30.3 Å². The van der Waals surface area contributed by atoms with Gasteiger partial charge in [-0.3, -0.25) is 4.79 Å². The first-order valence-electron chi connectivity index (χ1n) is 9.60. The number of benzene rings is 2. The number of amides is 1. The van der Waals surface area contributed by atoms with Crippen LogP contribution in [0.25, 0.3) is 16.9 Å². The lowest BCUT2D eigenvalue weighted by molar-refractivity contribution is 0.0945. The molecule has 1 aliphatic rings. The van der Waals surface area contributed by atoms with Gasteiger partial charge in [0.15, 0.2) is 17.2 Å². The number of aliphatic hydroxyl groups is 1. The Morgan fingerprint density at radius 2 is 1.97 bits per heavy atom. The average molecular weight is 428 g/mol. The van der Waals surface area contributed by atoms with E-state index in [1.54, 1.807) is 25.0 Å². The van der Waals surface area contributed by atoms with Crippen molar-refractivity contribution in [2.45, 2.75) is 12.8 Å². The van der Waals surface area contributed by atoms with Gasteiger partial charge in [0.25, 0.3) is 5.91 Å². The molecule has 0 spiro atoms. The Labute approximate surface area is 179 Å². The van der Waals surface area contributed by atoms with Gasteiger partial charge < -0.3 is 19.9 Å². The molecule has 30 heavy (non-hydrogen) atoms. The molecule has 1 aromatic heterocycles. The molecule has 4 rings (SSSR count). The van der Waals surface area contributed by atoms with Gasteiger partial charge >= 0.3 is 0 Å². The van der Waals surface area contributed by atoms with Gasteiger partial charge in [-0.2, -0.15) is 5.10 Å². The maximum atomic E-state index is 12.9. The highest BCUT2D eigenvalue weighted by Crippen LogP contribution is 2.45. The number of methoxy groups -OCH3 is 2. The van der Waals surface area contributed by atoms with Crippen LogP contribution < -0.4 is 14.8 Å². The van der Waals surface area contributed by atoms with Crippen molar-refractivity contribution in [1.82, 2.24) is 15.1 Å². The van der Waals surface area contributed by atoms with Crippen molar-refractivity contribution in [3.63, 3.8) is 0 Å². The first kappa shape index (κ1) is 20.3. The van der Waals surface area contributed by atoms with E-state index in [1.165, 1.54) is 0 Å². The Morgan fingerprint density at radius 3 is 2.67 bits per heavy atom. The Hall–Kier alpha value is -3.03. The van der Waals surface area contributed by atoms with Crippen molar-refractivity contribution < 1.29 is 19.4 Å². The molecular formula is C22H22ClN3O4. The number of carbonyl (C=O) groups excluding carboxylic acids is 1. The van der Waals surface area contributed by atoms with Crippen LogP contribution >= 0.6 is 11.6 Å². The number of halogens is 1. The first-order valence-corrected chi connectivity index (χ1v) is 9.98. The predicted octanol–water partition coefficient (Wildman–Crippen LogP) is 3.23. The van der Waals surface area contributed by atoms with Crippen molar-refractivity contribution in [3.8, 4) is 28.4 Å². The van der Waals surface area contributed by atoms with Gasteiger partial charge in [-0.05, 0) is 36.2 Å². The monoisotopic (exact) mass is 427 g/mol. The first-order chi connectivity index (χ1) is 14.6. The summed E-state index contributed by atoms with van der Waals surface area (Å²) < 4.78 is 12.6. The van der Waals surface area contributed by atoms with E-state index in [9.17, 15) is 4.79 Å². The molecule has 1 amide bonds. The number of hydrogen-bond donors (Lipinski definition) is 2. The van der Waals surface area contributed by atoms with Crippen LogP contribution in [0.3, 0.4) is 0 Å². The van der Waals surface area contributed by atoms with Gasteiger partial charge in [-0.25, -0.2) is 4.68 Å². The van der Waals surface area contributed by atoms with Gasteiger partial charge in [0.2, 0.25) is 0 Å². The zero-order chi connectivity index (χ0) is 21.3. The van der Waals surface area contributed by atoms with E-state index >= 15 is 0 Å². The zero-order valence-electron chi connectivity index (χ0n) is 16.7. The lowest BCUT2D eigenvalue weighted by Crippen LogP contribution is -2.26. The Bertz CT molecular complexity index is 1110. The van der Waals surface area contributed by atoms with Gasteiger partial charge in [0, 0.05) is 30.7 Å². The fraction of sp³-hybridized carbons (Fsp3) is 0.273. The third kappa shape index (κ3) is 3.40. The summed E-state index contributed by atoms with van der Waals surface area (Å²) in [6.07, 6.45) is 1.02. The molecule has 8 heteroatoms. The molecule has 0 saturated carbocycles. The number of rotatable bonds is 7. The van der Waals surface area contributed by atoms with Crippen LogP contribution in [0.1, 0.15) is 28.0 Å². The molecule has 0 aliphatic heterocycles. The molecule has 1 heterocycles. The lowest BCUT2D eigenvalue weighted by atomic mass is 10.1. The topological polar surface area (TPSA) is 85.6 Å². The number of nitrogens with one attached hydrogen (secondary N) is 1. The summed E-state index contributed by atoms with van der Waals surface area (Å²) in [6.45, 7) is 0.384. The SMILES string of the molecule is COc1cc2c(cc1OC)-c1c(c(C(=O)NCCCO)nn1-c1ccccc1Cl)C2. The highest BCUT2D eigenvalue weighted by molar-refractivity contribution is 6.32. The standard InChI is InChI=1S/C22H22ClN3O4/c1-29-18-11-13-10-15-20(22(28)24-8-5-9-27)25-26(17-7-4-3-6-16(17)23)21(15)14(13)12-19(18)30-2/h3-4,6-7,11-12,27H,5,8-10H2,1-2H3,(H,24,28). The van der Waals surface area contributed by atoms with E-state index in [4.69, 9.17) is 26.2 Å². The fourth-order valence-electron chi connectivity index (χ4n) is 3.72. The number of nitrogens with zero attached hydrogens (tertiary/aromatic N) is 2. The lowest BCUT2D eigenvalue weighted by Gasteiger charge is -2.13. The highest BCUT2D eigenvalue weighted by Gasteiger charge is 2.32. The van der Waals surface area contributed by atoms with Crippen molar-refractivity contribution in [3.05, 3.63) is 58.2 Å². The van der Waals surface area contributed by atoms with Crippen LogP contribution in [0.4, 0.5) is 0 Å². The molecule has 7 nitrogen and oxygen atoms in total. The molecule has 0 bridgehead atoms. The van der Waals surface area contributed by atoms with Gasteiger partial charge in [0.05, 0.1) is 30.6 Å². The third-order valence-electron chi connectivity index (χ3n) is 5.13. The van der Waals surface area contributed by atoms with Crippen LogP contribution in [-0.4, -0.2) is 48.2 Å². The zero-order valence-corrected chi connectivity index (χ0v) is 17.5. The van der Waals surface area contributed by atoms with Crippen LogP contribution in [0.15, 0.2) is 36.4 Å². The summed E-state index contributed by atoms with van der Waals surface area (Å²) in [5.74, 6) is 0.954. The highest BCUT2D eigenvalue weighted by atomic mass is 35.5. The van der Waals surface area contributed by atoms with Gasteiger partial charge in [0.1, 0.15) is 0 Å². The molecule has 1 aliphatic carbocycles. The number of ether oxygens (including phenoxy) is 2. The summed E-state index contributed by atoms with van der Waals surface area (Å²) >= 11 is 6.45. The molecule has 0 fully saturated rings. The normalized spacial score (nSPS) is 11.7. The minimum Gasteiger partial charge on any atom is -0.493 e. The quantitative estimate of drug-likeness (QED) is 0.442. The van der Waals surface area contributed by atoms with E-state index in [-0.39, 0.29) is 12.5 Å². The second kappa shape index (κ2) is 8.38. The van der Waals surface area contributed by atoms with Crippen LogP contribution in [0.2, 0.25) is 5.02 Å². The van der Waals surface area contributed by atoms with Crippen LogP contribution in [0.5, 0.6) is 11.5 Å². The van der Waals surface area contributed by atoms with Gasteiger partial charge in [-0.1, -0.05) is 23.7 Å². The predicted molar refractivity (Wildman–Crippen MR) is 114 cm³/mol. The molecule has 0 atom stereocenters. The van der Waals surface area contributed by atoms with Crippen molar-refractivity contribution in [2.24, 2.45) is 0 Å². The minimum atomic E-state index is -0.280. The number of hydrogen-bond acceptors (Lipinski definition) is 5. The smallest absolute Gasteiger partial charge is 0.272 e. The van der Waals surface area contributed by atoms with Crippen LogP contribution in [-0.2, 0) is 6.42 Å². The van der Waals surface area contributed by atoms with E-state index in [2.05, 4.69) is 10.4 Å². The molecule has 0 unspecified atom stereocenters. The fourth-order valence-corrected chi connectivity index (χ4v) is 3.93. The maximum absolute atomic E-state index is 12.9. The molecular weight excluding hydrogens is 406 g/mol. The minimum absolute atomic E-state index is 0.0114. The second-order valence-corrected chi connectivity index (χ2v) is 7.32. The summed E-state index contributed by atoms with van der Waals surface area (Å²) in [7, 11) is 3.18. The number of para-hydroxylation sites is 1. The van der Waals surface area contributed by atoms with Crippen molar-refractivity contribution in [2.75, 3.05) is 27.4 Å².